The number of aromatic nitrogens is 3. The lowest BCUT2D eigenvalue weighted by molar-refractivity contribution is 0.706. The molecule has 106 valence electrons. The summed E-state index contributed by atoms with van der Waals surface area (Å²) < 4.78 is 1.50. The van der Waals surface area contributed by atoms with Crippen LogP contribution in [-0.4, -0.2) is 21.1 Å². The molecular weight excluding hydrogens is 256 g/mol. The molecule has 6 nitrogen and oxygen atoms in total. The third kappa shape index (κ3) is 2.96. The molecule has 0 fully saturated rings. The molecular formula is C14H18N4O2. The number of nitrogens with one attached hydrogen (secondary N) is 2. The second-order valence-corrected chi connectivity index (χ2v) is 4.44. The molecule has 0 unspecified atom stereocenters. The number of hydrogen-bond acceptors (Lipinski definition) is 4. The van der Waals surface area contributed by atoms with Crippen molar-refractivity contribution in [3.8, 4) is 0 Å². The topological polar surface area (TPSA) is 79.8 Å². The average molecular weight is 274 g/mol. The number of H-pyrrole nitrogens is 1. The van der Waals surface area contributed by atoms with Gasteiger partial charge in [0.25, 0.3) is 5.56 Å². The Morgan fingerprint density at radius 3 is 2.80 bits per heavy atom. The van der Waals surface area contributed by atoms with Crippen molar-refractivity contribution in [2.75, 3.05) is 11.9 Å². The number of pyridine rings is 1. The van der Waals surface area contributed by atoms with Crippen LogP contribution in [-0.2, 0) is 13.0 Å². The number of hydrogen-bond donors (Lipinski definition) is 2. The van der Waals surface area contributed by atoms with Gasteiger partial charge in [0.15, 0.2) is 0 Å². The van der Waals surface area contributed by atoms with E-state index >= 15 is 0 Å². The maximum Gasteiger partial charge on any atom is 0.328 e. The van der Waals surface area contributed by atoms with Crippen molar-refractivity contribution >= 4 is 5.82 Å². The van der Waals surface area contributed by atoms with Gasteiger partial charge >= 0.3 is 5.69 Å². The van der Waals surface area contributed by atoms with E-state index in [1.54, 1.807) is 12.4 Å². The molecule has 0 atom stereocenters. The third-order valence-electron chi connectivity index (χ3n) is 3.04. The molecule has 0 aliphatic rings. The highest BCUT2D eigenvalue weighted by molar-refractivity contribution is 5.43. The van der Waals surface area contributed by atoms with Gasteiger partial charge < -0.3 is 5.32 Å². The zero-order valence-corrected chi connectivity index (χ0v) is 11.6. The number of rotatable bonds is 5. The van der Waals surface area contributed by atoms with Crippen LogP contribution < -0.4 is 16.6 Å². The molecule has 0 aliphatic heterocycles. The van der Waals surface area contributed by atoms with E-state index in [0.717, 1.165) is 17.9 Å². The largest absolute Gasteiger partial charge is 0.370 e. The summed E-state index contributed by atoms with van der Waals surface area (Å²) in [5, 5.41) is 3.16. The predicted molar refractivity (Wildman–Crippen MR) is 78.2 cm³/mol. The van der Waals surface area contributed by atoms with Crippen LogP contribution in [0.25, 0.3) is 0 Å². The smallest absolute Gasteiger partial charge is 0.328 e. The summed E-state index contributed by atoms with van der Waals surface area (Å²) in [5.41, 5.74) is 0.786. The second-order valence-electron chi connectivity index (χ2n) is 4.44. The number of nitrogens with zero attached hydrogens (tertiary/aromatic N) is 2. The van der Waals surface area contributed by atoms with E-state index in [4.69, 9.17) is 0 Å². The molecule has 0 bridgehead atoms. The first-order valence-electron chi connectivity index (χ1n) is 6.66. The molecule has 2 aromatic heterocycles. The predicted octanol–water partition coefficient (Wildman–Crippen LogP) is 0.974. The van der Waals surface area contributed by atoms with Gasteiger partial charge in [0.05, 0.1) is 6.54 Å². The molecule has 6 heteroatoms. The summed E-state index contributed by atoms with van der Waals surface area (Å²) in [6, 6.07) is 3.74. The van der Waals surface area contributed by atoms with Crippen molar-refractivity contribution in [3.63, 3.8) is 0 Å². The summed E-state index contributed by atoms with van der Waals surface area (Å²) in [5.74, 6) is 0.756. The van der Waals surface area contributed by atoms with Crippen LogP contribution >= 0.6 is 0 Å². The van der Waals surface area contributed by atoms with Crippen LogP contribution in [0.1, 0.15) is 25.0 Å². The molecule has 0 radical (unpaired) electrons. The quantitative estimate of drug-likeness (QED) is 0.851. The fraction of sp³-hybridized carbons (Fsp3) is 0.357. The fourth-order valence-corrected chi connectivity index (χ4v) is 2.00. The summed E-state index contributed by atoms with van der Waals surface area (Å²) >= 11 is 0. The van der Waals surface area contributed by atoms with Crippen LogP contribution in [0.3, 0.4) is 0 Å². The number of anilines is 1. The standard InChI is InChI=1S/C14H18N4O2/c1-3-10-8-18(14(20)17-13(10)19)9-11-6-5-7-16-12(11)15-4-2/h5-8H,3-4,9H2,1-2H3,(H,15,16)(H,17,19,20). The first-order chi connectivity index (χ1) is 9.65. The third-order valence-corrected chi connectivity index (χ3v) is 3.04. The monoisotopic (exact) mass is 274 g/mol. The van der Waals surface area contributed by atoms with Crippen molar-refractivity contribution in [1.29, 1.82) is 0 Å². The zero-order valence-electron chi connectivity index (χ0n) is 11.6. The van der Waals surface area contributed by atoms with Gasteiger partial charge in [0.2, 0.25) is 0 Å². The molecule has 2 rings (SSSR count). The van der Waals surface area contributed by atoms with E-state index in [9.17, 15) is 9.59 Å². The van der Waals surface area contributed by atoms with E-state index in [0.29, 0.717) is 18.5 Å². The maximum absolute atomic E-state index is 11.8. The molecule has 0 aliphatic carbocycles. The first-order valence-corrected chi connectivity index (χ1v) is 6.66. The Morgan fingerprint density at radius 2 is 2.10 bits per heavy atom. The average Bonchev–Trinajstić information content (AvgIpc) is 2.44. The van der Waals surface area contributed by atoms with Crippen molar-refractivity contribution in [2.24, 2.45) is 0 Å². The minimum absolute atomic E-state index is 0.313. The molecule has 20 heavy (non-hydrogen) atoms. The lowest BCUT2D eigenvalue weighted by Gasteiger charge is -2.11. The first kappa shape index (κ1) is 14.0. The Morgan fingerprint density at radius 1 is 1.30 bits per heavy atom. The van der Waals surface area contributed by atoms with E-state index in [-0.39, 0.29) is 5.56 Å². The van der Waals surface area contributed by atoms with Gasteiger partial charge in [-0.2, -0.15) is 0 Å². The van der Waals surface area contributed by atoms with Crippen LogP contribution in [0.2, 0.25) is 0 Å². The zero-order chi connectivity index (χ0) is 14.5. The summed E-state index contributed by atoms with van der Waals surface area (Å²) in [4.78, 5) is 30.0. The van der Waals surface area contributed by atoms with Gasteiger partial charge in [-0.3, -0.25) is 14.3 Å². The molecule has 0 aromatic carbocycles. The van der Waals surface area contributed by atoms with Crippen LogP contribution in [0, 0.1) is 0 Å². The van der Waals surface area contributed by atoms with Gasteiger partial charge in [-0.25, -0.2) is 9.78 Å². The van der Waals surface area contributed by atoms with E-state index in [1.165, 1.54) is 4.57 Å². The molecule has 2 aromatic rings. The second kappa shape index (κ2) is 6.18. The lowest BCUT2D eigenvalue weighted by atomic mass is 10.2. The normalized spacial score (nSPS) is 10.5. The van der Waals surface area contributed by atoms with E-state index in [1.807, 2.05) is 26.0 Å². The van der Waals surface area contributed by atoms with Crippen LogP contribution in [0.4, 0.5) is 5.82 Å². The minimum Gasteiger partial charge on any atom is -0.370 e. The molecule has 2 heterocycles. The van der Waals surface area contributed by atoms with Crippen molar-refractivity contribution < 1.29 is 0 Å². The van der Waals surface area contributed by atoms with E-state index < -0.39 is 5.69 Å². The van der Waals surface area contributed by atoms with Crippen LogP contribution in [0.15, 0.2) is 34.1 Å². The Balaban J connectivity index is 2.40. The maximum atomic E-state index is 11.8. The minimum atomic E-state index is -0.404. The molecule has 0 amide bonds. The highest BCUT2D eigenvalue weighted by Crippen LogP contribution is 2.12. The fourth-order valence-electron chi connectivity index (χ4n) is 2.00. The Kier molecular flexibility index (Phi) is 4.34. The number of aromatic amines is 1. The summed E-state index contributed by atoms with van der Waals surface area (Å²) in [6.07, 6.45) is 3.90. The lowest BCUT2D eigenvalue weighted by Crippen LogP contribution is -2.32. The van der Waals surface area contributed by atoms with Gasteiger partial charge in [0, 0.05) is 30.1 Å². The van der Waals surface area contributed by atoms with Gasteiger partial charge in [-0.05, 0) is 19.4 Å². The molecule has 0 saturated heterocycles. The summed E-state index contributed by atoms with van der Waals surface area (Å²) in [7, 11) is 0. The molecule has 0 saturated carbocycles. The SMILES string of the molecule is CCNc1ncccc1Cn1cc(CC)c(=O)[nH]c1=O. The van der Waals surface area contributed by atoms with Crippen LogP contribution in [0.5, 0.6) is 0 Å². The molecule has 2 N–H and O–H groups in total. The highest BCUT2D eigenvalue weighted by Gasteiger charge is 2.07. The van der Waals surface area contributed by atoms with Crippen molar-refractivity contribution in [1.82, 2.24) is 14.5 Å². The van der Waals surface area contributed by atoms with Gasteiger partial charge in [-0.15, -0.1) is 0 Å². The molecule has 0 spiro atoms. The Bertz CT molecular complexity index is 703. The van der Waals surface area contributed by atoms with E-state index in [2.05, 4.69) is 15.3 Å². The summed E-state index contributed by atoms with van der Waals surface area (Å²) in [6.45, 7) is 5.00. The highest BCUT2D eigenvalue weighted by atomic mass is 16.2. The Labute approximate surface area is 116 Å². The van der Waals surface area contributed by atoms with Gasteiger partial charge in [0.1, 0.15) is 5.82 Å². The number of aryl methyl sites for hydroxylation is 1. The Hall–Kier alpha value is -2.37. The van der Waals surface area contributed by atoms with Crippen molar-refractivity contribution in [2.45, 2.75) is 26.8 Å². The van der Waals surface area contributed by atoms with Crippen molar-refractivity contribution in [3.05, 3.63) is 56.5 Å². The van der Waals surface area contributed by atoms with Gasteiger partial charge in [-0.1, -0.05) is 13.0 Å².